The number of carboxylic acid groups (broad SMARTS) is 2. The van der Waals surface area contributed by atoms with E-state index in [2.05, 4.69) is 15.6 Å². The topological polar surface area (TPSA) is 244 Å². The Balaban J connectivity index is 2.80. The van der Waals surface area contributed by atoms with Crippen LogP contribution in [0.15, 0.2) is 4.99 Å². The molecule has 0 aromatic rings. The van der Waals surface area contributed by atoms with E-state index in [1.807, 2.05) is 0 Å². The zero-order valence-electron chi connectivity index (χ0n) is 20.1. The van der Waals surface area contributed by atoms with E-state index in [-0.39, 0.29) is 12.4 Å². The summed E-state index contributed by atoms with van der Waals surface area (Å²) in [7, 11) is 0. The van der Waals surface area contributed by atoms with Gasteiger partial charge in [-0.3, -0.25) is 24.2 Å². The normalized spacial score (nSPS) is 17.8. The molecule has 14 heteroatoms. The number of aliphatic imine (C=N–C) groups is 1. The zero-order valence-corrected chi connectivity index (χ0v) is 20.1. The number of likely N-dealkylation sites (tertiary alicyclic amines) is 1. The second-order valence-corrected chi connectivity index (χ2v) is 8.81. The predicted molar refractivity (Wildman–Crippen MR) is 126 cm³/mol. The van der Waals surface area contributed by atoms with Gasteiger partial charge >= 0.3 is 11.9 Å². The zero-order chi connectivity index (χ0) is 26.7. The maximum Gasteiger partial charge on any atom is 0.326 e. The number of carbonyl (C=O) groups is 5. The summed E-state index contributed by atoms with van der Waals surface area (Å²) in [4.78, 5) is 66.0. The minimum atomic E-state index is -1.42. The third-order valence-electron chi connectivity index (χ3n) is 5.63. The van der Waals surface area contributed by atoms with Crippen LogP contribution in [0.5, 0.6) is 0 Å². The first-order chi connectivity index (χ1) is 16.3. The number of nitrogens with two attached hydrogens (primary N) is 3. The summed E-state index contributed by atoms with van der Waals surface area (Å²) in [5.41, 5.74) is 16.5. The van der Waals surface area contributed by atoms with Gasteiger partial charge in [0.05, 0.1) is 6.04 Å². The first-order valence-electron chi connectivity index (χ1n) is 11.5. The molecular weight excluding hydrogens is 462 g/mol. The number of amides is 3. The van der Waals surface area contributed by atoms with E-state index in [1.165, 1.54) is 4.90 Å². The van der Waals surface area contributed by atoms with Crippen LogP contribution >= 0.6 is 0 Å². The lowest BCUT2D eigenvalue weighted by Gasteiger charge is -2.29. The largest absolute Gasteiger partial charge is 0.481 e. The van der Waals surface area contributed by atoms with Gasteiger partial charge in [-0.25, -0.2) is 4.79 Å². The molecule has 4 unspecified atom stereocenters. The highest BCUT2D eigenvalue weighted by atomic mass is 16.4. The number of hydrogen-bond donors (Lipinski definition) is 7. The van der Waals surface area contributed by atoms with Crippen molar-refractivity contribution >= 4 is 35.6 Å². The molecule has 0 bridgehead atoms. The van der Waals surface area contributed by atoms with E-state index in [1.54, 1.807) is 13.8 Å². The molecular formula is C21H37N7O7. The van der Waals surface area contributed by atoms with Crippen LogP contribution in [0.2, 0.25) is 0 Å². The average Bonchev–Trinajstić information content (AvgIpc) is 3.26. The smallest absolute Gasteiger partial charge is 0.326 e. The maximum absolute atomic E-state index is 13.0. The van der Waals surface area contributed by atoms with Crippen LogP contribution in [0.1, 0.15) is 52.4 Å². The molecule has 0 aliphatic carbocycles. The van der Waals surface area contributed by atoms with Crippen LogP contribution in [0.4, 0.5) is 0 Å². The summed E-state index contributed by atoms with van der Waals surface area (Å²) >= 11 is 0. The molecule has 0 spiro atoms. The molecule has 1 rings (SSSR count). The molecule has 1 saturated heterocycles. The number of carbonyl (C=O) groups excluding carboxylic acids is 3. The van der Waals surface area contributed by atoms with E-state index < -0.39 is 66.2 Å². The Morgan fingerprint density at radius 2 is 1.74 bits per heavy atom. The summed E-state index contributed by atoms with van der Waals surface area (Å²) < 4.78 is 0. The number of carboxylic acids is 2. The number of guanidine groups is 1. The Kier molecular flexibility index (Phi) is 11.9. The number of rotatable bonds is 14. The van der Waals surface area contributed by atoms with Gasteiger partial charge in [0.1, 0.15) is 18.1 Å². The third-order valence-corrected chi connectivity index (χ3v) is 5.63. The number of nitrogens with one attached hydrogen (secondary N) is 2. The summed E-state index contributed by atoms with van der Waals surface area (Å²) in [6.45, 7) is 4.00. The summed E-state index contributed by atoms with van der Waals surface area (Å²) in [5, 5.41) is 23.0. The van der Waals surface area contributed by atoms with Crippen molar-refractivity contribution < 1.29 is 34.2 Å². The molecule has 1 aliphatic heterocycles. The highest BCUT2D eigenvalue weighted by molar-refractivity contribution is 5.94. The molecule has 0 saturated carbocycles. The second-order valence-electron chi connectivity index (χ2n) is 8.81. The van der Waals surface area contributed by atoms with Crippen LogP contribution in [0, 0.1) is 5.92 Å². The van der Waals surface area contributed by atoms with Gasteiger partial charge in [-0.05, 0) is 38.0 Å². The van der Waals surface area contributed by atoms with Crippen molar-refractivity contribution in [2.45, 2.75) is 76.5 Å². The standard InChI is InChI=1S/C21H37N7O7/c1-11(2)16(18(32)26-13(20(34)35)7-8-15(29)30)27-17(31)14-6-4-10-28(14)19(33)12(22)5-3-9-25-21(23)24/h11-14,16H,3-10,22H2,1-2H3,(H,26,32)(H,27,31)(H,29,30)(H,34,35)(H4,23,24,25). The molecule has 1 heterocycles. The highest BCUT2D eigenvalue weighted by Crippen LogP contribution is 2.20. The van der Waals surface area contributed by atoms with Gasteiger partial charge in [0.2, 0.25) is 17.7 Å². The monoisotopic (exact) mass is 499 g/mol. The molecule has 1 aliphatic rings. The lowest BCUT2D eigenvalue weighted by molar-refractivity contribution is -0.144. The quantitative estimate of drug-likeness (QED) is 0.0781. The second kappa shape index (κ2) is 14.1. The van der Waals surface area contributed by atoms with Crippen molar-refractivity contribution in [3.63, 3.8) is 0 Å². The Bertz CT molecular complexity index is 814. The molecule has 3 amide bonds. The molecule has 198 valence electrons. The van der Waals surface area contributed by atoms with E-state index in [9.17, 15) is 29.1 Å². The van der Waals surface area contributed by atoms with Crippen molar-refractivity contribution in [2.24, 2.45) is 28.1 Å². The fraction of sp³-hybridized carbons (Fsp3) is 0.714. The minimum absolute atomic E-state index is 0.0542. The van der Waals surface area contributed by atoms with Crippen molar-refractivity contribution in [3.8, 4) is 0 Å². The van der Waals surface area contributed by atoms with Crippen molar-refractivity contribution in [3.05, 3.63) is 0 Å². The Hall–Kier alpha value is -3.42. The summed E-state index contributed by atoms with van der Waals surface area (Å²) in [6, 6.07) is -4.16. The van der Waals surface area contributed by atoms with Gasteiger partial charge in [0.25, 0.3) is 0 Å². The molecule has 10 N–H and O–H groups in total. The molecule has 0 aromatic heterocycles. The Morgan fingerprint density at radius 3 is 2.29 bits per heavy atom. The van der Waals surface area contributed by atoms with E-state index in [4.69, 9.17) is 22.3 Å². The Labute approximate surface area is 203 Å². The number of hydrogen-bond acceptors (Lipinski definition) is 7. The average molecular weight is 500 g/mol. The van der Waals surface area contributed by atoms with Crippen LogP contribution < -0.4 is 27.8 Å². The third kappa shape index (κ3) is 9.76. The highest BCUT2D eigenvalue weighted by Gasteiger charge is 2.38. The van der Waals surface area contributed by atoms with Gasteiger partial charge in [-0.15, -0.1) is 0 Å². The van der Waals surface area contributed by atoms with Gasteiger partial charge in [-0.1, -0.05) is 13.8 Å². The maximum atomic E-state index is 13.0. The van der Waals surface area contributed by atoms with E-state index >= 15 is 0 Å². The molecule has 0 aromatic carbocycles. The number of aliphatic carboxylic acids is 2. The molecule has 4 atom stereocenters. The SMILES string of the molecule is CC(C)C(NC(=O)C1CCCN1C(=O)C(N)CCCN=C(N)N)C(=O)NC(CCC(=O)O)C(=O)O. The van der Waals surface area contributed by atoms with E-state index in [0.29, 0.717) is 38.8 Å². The number of nitrogens with zero attached hydrogens (tertiary/aromatic N) is 2. The van der Waals surface area contributed by atoms with Crippen molar-refractivity contribution in [2.75, 3.05) is 13.1 Å². The van der Waals surface area contributed by atoms with Crippen LogP contribution in [0.3, 0.4) is 0 Å². The fourth-order valence-electron chi connectivity index (χ4n) is 3.73. The van der Waals surface area contributed by atoms with Crippen molar-refractivity contribution in [1.29, 1.82) is 0 Å². The molecule has 0 radical (unpaired) electrons. The van der Waals surface area contributed by atoms with Crippen LogP contribution in [0.25, 0.3) is 0 Å². The van der Waals surface area contributed by atoms with Gasteiger partial charge in [-0.2, -0.15) is 0 Å². The predicted octanol–water partition coefficient (Wildman–Crippen LogP) is -2.07. The lowest BCUT2D eigenvalue weighted by Crippen LogP contribution is -2.58. The van der Waals surface area contributed by atoms with Gasteiger partial charge in [0, 0.05) is 19.5 Å². The summed E-state index contributed by atoms with van der Waals surface area (Å²) in [6.07, 6.45) is 1.03. The van der Waals surface area contributed by atoms with Gasteiger partial charge < -0.3 is 42.9 Å². The lowest BCUT2D eigenvalue weighted by atomic mass is 10.0. The first kappa shape index (κ1) is 29.6. The fourth-order valence-corrected chi connectivity index (χ4v) is 3.73. The van der Waals surface area contributed by atoms with E-state index in [0.717, 1.165) is 0 Å². The summed E-state index contributed by atoms with van der Waals surface area (Å²) in [5.74, 6) is -4.72. The molecule has 1 fully saturated rings. The minimum Gasteiger partial charge on any atom is -0.481 e. The first-order valence-corrected chi connectivity index (χ1v) is 11.5. The molecule has 14 nitrogen and oxygen atoms in total. The van der Waals surface area contributed by atoms with Crippen LogP contribution in [-0.2, 0) is 24.0 Å². The van der Waals surface area contributed by atoms with Crippen LogP contribution in [-0.4, -0.2) is 88.0 Å². The Morgan fingerprint density at radius 1 is 1.09 bits per heavy atom. The molecule has 35 heavy (non-hydrogen) atoms. The van der Waals surface area contributed by atoms with Crippen molar-refractivity contribution in [1.82, 2.24) is 15.5 Å². The van der Waals surface area contributed by atoms with Gasteiger partial charge in [0.15, 0.2) is 5.96 Å².